The van der Waals surface area contributed by atoms with Gasteiger partial charge < -0.3 is 20.6 Å². The van der Waals surface area contributed by atoms with E-state index in [1.807, 2.05) is 12.1 Å². The number of hydrogen-bond donors (Lipinski definition) is 4. The standard InChI is InChI=1S/C25H35NO4/c1-24(2,3)19-12-16(13-20(23(19)30)25(4,5)6)8-10-22(29)26-14-17-7-9-21(28)18(11-17)15-27/h7,9,11-13,27-28,30H,8,10,14-15H2,1-6H3,(H,26,29). The minimum atomic E-state index is -0.249. The van der Waals surface area contributed by atoms with E-state index in [1.54, 1.807) is 12.1 Å². The third-order valence-corrected chi connectivity index (χ3v) is 5.23. The molecule has 1 amide bonds. The summed E-state index contributed by atoms with van der Waals surface area (Å²) in [6, 6.07) is 8.93. The van der Waals surface area contributed by atoms with Crippen molar-refractivity contribution in [3.05, 3.63) is 58.1 Å². The van der Waals surface area contributed by atoms with Crippen molar-refractivity contribution < 1.29 is 20.1 Å². The second-order valence-corrected chi connectivity index (χ2v) is 9.94. The Labute approximate surface area is 179 Å². The van der Waals surface area contributed by atoms with E-state index < -0.39 is 0 Å². The summed E-state index contributed by atoms with van der Waals surface area (Å²) < 4.78 is 0. The molecule has 0 fully saturated rings. The number of aryl methyl sites for hydroxylation is 1. The highest BCUT2D eigenvalue weighted by Gasteiger charge is 2.26. The fourth-order valence-corrected chi connectivity index (χ4v) is 3.40. The second-order valence-electron chi connectivity index (χ2n) is 9.94. The fourth-order valence-electron chi connectivity index (χ4n) is 3.40. The quantitative estimate of drug-likeness (QED) is 0.564. The fraction of sp³-hybridized carbons (Fsp3) is 0.480. The number of nitrogens with one attached hydrogen (secondary N) is 1. The SMILES string of the molecule is CC(C)(C)c1cc(CCC(=O)NCc2ccc(O)c(CO)c2)cc(C(C)(C)C)c1O. The molecular weight excluding hydrogens is 378 g/mol. The molecule has 5 nitrogen and oxygen atoms in total. The maximum absolute atomic E-state index is 12.4. The third-order valence-electron chi connectivity index (χ3n) is 5.23. The van der Waals surface area contributed by atoms with E-state index in [2.05, 4.69) is 46.9 Å². The van der Waals surface area contributed by atoms with Crippen LogP contribution in [-0.4, -0.2) is 21.2 Å². The summed E-state index contributed by atoms with van der Waals surface area (Å²) in [5.41, 5.74) is 3.68. The highest BCUT2D eigenvalue weighted by atomic mass is 16.3. The van der Waals surface area contributed by atoms with E-state index in [-0.39, 0.29) is 29.1 Å². The topological polar surface area (TPSA) is 89.8 Å². The molecule has 0 aliphatic carbocycles. The Kier molecular flexibility index (Phi) is 7.19. The van der Waals surface area contributed by atoms with Crippen molar-refractivity contribution in [2.24, 2.45) is 0 Å². The number of aliphatic hydroxyl groups is 1. The first kappa shape index (κ1) is 23.7. The third kappa shape index (κ3) is 5.99. The molecule has 0 aromatic heterocycles. The Balaban J connectivity index is 2.10. The van der Waals surface area contributed by atoms with Gasteiger partial charge in [-0.2, -0.15) is 0 Å². The van der Waals surface area contributed by atoms with Gasteiger partial charge in [-0.15, -0.1) is 0 Å². The van der Waals surface area contributed by atoms with Gasteiger partial charge in [-0.3, -0.25) is 4.79 Å². The van der Waals surface area contributed by atoms with Gasteiger partial charge in [0.15, 0.2) is 0 Å². The molecule has 164 valence electrons. The number of amides is 1. The highest BCUT2D eigenvalue weighted by molar-refractivity contribution is 5.76. The summed E-state index contributed by atoms with van der Waals surface area (Å²) in [6.45, 7) is 12.5. The molecule has 0 bridgehead atoms. The number of phenols is 2. The molecule has 0 atom stereocenters. The summed E-state index contributed by atoms with van der Waals surface area (Å²) in [6.07, 6.45) is 0.915. The summed E-state index contributed by atoms with van der Waals surface area (Å²) >= 11 is 0. The minimum Gasteiger partial charge on any atom is -0.508 e. The molecule has 0 spiro atoms. The van der Waals surface area contributed by atoms with Crippen LogP contribution in [0.15, 0.2) is 30.3 Å². The summed E-state index contributed by atoms with van der Waals surface area (Å²) in [4.78, 5) is 12.4. The lowest BCUT2D eigenvalue weighted by Crippen LogP contribution is -2.23. The molecule has 5 heteroatoms. The van der Waals surface area contributed by atoms with Crippen LogP contribution in [0.25, 0.3) is 0 Å². The van der Waals surface area contributed by atoms with Crippen molar-refractivity contribution >= 4 is 5.91 Å². The van der Waals surface area contributed by atoms with E-state index in [0.717, 1.165) is 22.3 Å². The number of aromatic hydroxyl groups is 2. The van der Waals surface area contributed by atoms with Crippen molar-refractivity contribution in [1.82, 2.24) is 5.32 Å². The summed E-state index contributed by atoms with van der Waals surface area (Å²) in [5.74, 6) is 0.316. The largest absolute Gasteiger partial charge is 0.508 e. The van der Waals surface area contributed by atoms with E-state index >= 15 is 0 Å². The van der Waals surface area contributed by atoms with Gasteiger partial charge in [0, 0.05) is 18.5 Å². The van der Waals surface area contributed by atoms with Crippen LogP contribution in [-0.2, 0) is 35.2 Å². The van der Waals surface area contributed by atoms with Crippen molar-refractivity contribution in [3.8, 4) is 11.5 Å². The predicted molar refractivity (Wildman–Crippen MR) is 120 cm³/mol. The van der Waals surface area contributed by atoms with Gasteiger partial charge in [0.25, 0.3) is 0 Å². The Bertz CT molecular complexity index is 869. The Morgan fingerprint density at radius 1 is 0.900 bits per heavy atom. The van der Waals surface area contributed by atoms with Gasteiger partial charge in [0.2, 0.25) is 5.91 Å². The molecule has 2 rings (SSSR count). The number of benzene rings is 2. The number of carbonyl (C=O) groups is 1. The molecular formula is C25H35NO4. The summed E-state index contributed by atoms with van der Waals surface area (Å²) in [5, 5.41) is 32.6. The van der Waals surface area contributed by atoms with Gasteiger partial charge in [0.1, 0.15) is 11.5 Å². The molecule has 4 N–H and O–H groups in total. The first-order valence-corrected chi connectivity index (χ1v) is 10.4. The number of aliphatic hydroxyl groups excluding tert-OH is 1. The molecule has 2 aromatic rings. The maximum atomic E-state index is 12.4. The van der Waals surface area contributed by atoms with Crippen molar-refractivity contribution in [2.45, 2.75) is 78.4 Å². The van der Waals surface area contributed by atoms with Gasteiger partial charge in [0.05, 0.1) is 6.61 Å². The molecule has 0 saturated heterocycles. The minimum absolute atomic E-state index is 0.0456. The van der Waals surface area contributed by atoms with Crippen LogP contribution in [0.1, 0.15) is 75.8 Å². The maximum Gasteiger partial charge on any atom is 0.220 e. The van der Waals surface area contributed by atoms with E-state index in [1.165, 1.54) is 6.07 Å². The predicted octanol–water partition coefficient (Wildman–Crippen LogP) is 4.43. The number of carbonyl (C=O) groups excluding carboxylic acids is 1. The smallest absolute Gasteiger partial charge is 0.220 e. The van der Waals surface area contributed by atoms with Crippen LogP contribution in [0.2, 0.25) is 0 Å². The first-order valence-electron chi connectivity index (χ1n) is 10.4. The number of hydrogen-bond acceptors (Lipinski definition) is 4. The van der Waals surface area contributed by atoms with Crippen molar-refractivity contribution in [3.63, 3.8) is 0 Å². The zero-order valence-corrected chi connectivity index (χ0v) is 19.0. The zero-order valence-electron chi connectivity index (χ0n) is 19.0. The van der Waals surface area contributed by atoms with E-state index in [4.69, 9.17) is 0 Å². The monoisotopic (exact) mass is 413 g/mol. The van der Waals surface area contributed by atoms with E-state index in [9.17, 15) is 20.1 Å². The van der Waals surface area contributed by atoms with Crippen molar-refractivity contribution in [2.75, 3.05) is 0 Å². The highest BCUT2D eigenvalue weighted by Crippen LogP contribution is 2.40. The number of phenolic OH excluding ortho intramolecular Hbond substituents is 1. The molecule has 0 aliphatic heterocycles. The van der Waals surface area contributed by atoms with Crippen LogP contribution in [0.3, 0.4) is 0 Å². The molecule has 0 radical (unpaired) electrons. The summed E-state index contributed by atoms with van der Waals surface area (Å²) in [7, 11) is 0. The van der Waals surface area contributed by atoms with E-state index in [0.29, 0.717) is 30.7 Å². The first-order chi connectivity index (χ1) is 13.8. The normalized spacial score (nSPS) is 12.1. The molecule has 0 heterocycles. The lowest BCUT2D eigenvalue weighted by Gasteiger charge is -2.28. The van der Waals surface area contributed by atoms with Crippen LogP contribution in [0.4, 0.5) is 0 Å². The number of rotatable bonds is 6. The van der Waals surface area contributed by atoms with Gasteiger partial charge in [-0.25, -0.2) is 0 Å². The lowest BCUT2D eigenvalue weighted by atomic mass is 9.78. The Morgan fingerprint density at radius 2 is 1.47 bits per heavy atom. The van der Waals surface area contributed by atoms with Crippen LogP contribution < -0.4 is 5.32 Å². The van der Waals surface area contributed by atoms with Gasteiger partial charge in [-0.05, 0) is 51.6 Å². The van der Waals surface area contributed by atoms with Crippen LogP contribution >= 0.6 is 0 Å². The lowest BCUT2D eigenvalue weighted by molar-refractivity contribution is -0.121. The Morgan fingerprint density at radius 3 is 1.97 bits per heavy atom. The molecule has 2 aromatic carbocycles. The molecule has 0 saturated carbocycles. The average Bonchev–Trinajstić information content (AvgIpc) is 2.64. The van der Waals surface area contributed by atoms with Gasteiger partial charge in [-0.1, -0.05) is 59.7 Å². The molecule has 0 aliphatic rings. The molecule has 30 heavy (non-hydrogen) atoms. The van der Waals surface area contributed by atoms with Gasteiger partial charge >= 0.3 is 0 Å². The average molecular weight is 414 g/mol. The second kappa shape index (κ2) is 9.09. The van der Waals surface area contributed by atoms with Crippen LogP contribution in [0.5, 0.6) is 11.5 Å². The zero-order chi connectivity index (χ0) is 22.7. The Hall–Kier alpha value is -2.53. The molecule has 0 unspecified atom stereocenters. The van der Waals surface area contributed by atoms with Crippen LogP contribution in [0, 0.1) is 0 Å². The van der Waals surface area contributed by atoms with Crippen molar-refractivity contribution in [1.29, 1.82) is 0 Å².